The lowest BCUT2D eigenvalue weighted by atomic mass is 9.81. The molecule has 6 aromatic rings. The van der Waals surface area contributed by atoms with E-state index >= 15 is 0 Å². The summed E-state index contributed by atoms with van der Waals surface area (Å²) < 4.78 is 0. The zero-order valence-corrected chi connectivity index (χ0v) is 20.6. The maximum Gasteiger partial charge on any atom is 0.0465 e. The number of anilines is 3. The molecule has 6 aromatic carbocycles. The molecule has 0 aromatic heterocycles. The van der Waals surface area contributed by atoms with Crippen molar-refractivity contribution in [2.75, 3.05) is 4.90 Å². The van der Waals surface area contributed by atoms with Crippen molar-refractivity contribution in [2.45, 2.75) is 19.3 Å². The van der Waals surface area contributed by atoms with Gasteiger partial charge in [0.25, 0.3) is 0 Å². The number of benzene rings is 6. The molecule has 1 heteroatoms. The zero-order chi connectivity index (χ0) is 24.3. The molecular weight excluding hydrogens is 434 g/mol. The van der Waals surface area contributed by atoms with Crippen molar-refractivity contribution in [1.82, 2.24) is 0 Å². The first-order valence-corrected chi connectivity index (χ1v) is 12.6. The average Bonchev–Trinajstić information content (AvgIpc) is 3.14. The maximum atomic E-state index is 2.44. The number of para-hydroxylation sites is 2. The number of nitrogens with zero attached hydrogens (tertiary/aromatic N) is 1. The van der Waals surface area contributed by atoms with E-state index < -0.39 is 0 Å². The van der Waals surface area contributed by atoms with Crippen LogP contribution in [0, 0.1) is 0 Å². The van der Waals surface area contributed by atoms with Crippen LogP contribution in [0.4, 0.5) is 17.1 Å². The second kappa shape index (κ2) is 7.83. The second-order valence-electron chi connectivity index (χ2n) is 10.3. The van der Waals surface area contributed by atoms with Gasteiger partial charge in [-0.2, -0.15) is 0 Å². The van der Waals surface area contributed by atoms with Crippen LogP contribution in [-0.2, 0) is 5.41 Å². The van der Waals surface area contributed by atoms with Crippen LogP contribution in [-0.4, -0.2) is 0 Å². The van der Waals surface area contributed by atoms with Gasteiger partial charge in [-0.25, -0.2) is 0 Å². The fourth-order valence-electron chi connectivity index (χ4n) is 5.96. The lowest BCUT2D eigenvalue weighted by Crippen LogP contribution is -2.16. The van der Waals surface area contributed by atoms with Crippen LogP contribution in [0.25, 0.3) is 32.7 Å². The highest BCUT2D eigenvalue weighted by Crippen LogP contribution is 2.52. The molecule has 0 N–H and O–H groups in total. The molecule has 172 valence electrons. The highest BCUT2D eigenvalue weighted by molar-refractivity contribution is 6.09. The smallest absolute Gasteiger partial charge is 0.0465 e. The van der Waals surface area contributed by atoms with Crippen LogP contribution in [0.3, 0.4) is 0 Å². The molecule has 1 nitrogen and oxygen atoms in total. The predicted molar refractivity (Wildman–Crippen MR) is 154 cm³/mol. The van der Waals surface area contributed by atoms with Crippen molar-refractivity contribution in [1.29, 1.82) is 0 Å². The molecular formula is C35H27N. The summed E-state index contributed by atoms with van der Waals surface area (Å²) in [5.74, 6) is 0. The Morgan fingerprint density at radius 2 is 1.06 bits per heavy atom. The van der Waals surface area contributed by atoms with E-state index in [-0.39, 0.29) is 5.41 Å². The summed E-state index contributed by atoms with van der Waals surface area (Å²) in [7, 11) is 0. The minimum Gasteiger partial charge on any atom is -0.310 e. The Bertz CT molecular complexity index is 1710. The summed E-state index contributed by atoms with van der Waals surface area (Å²) in [6, 6.07) is 46.3. The van der Waals surface area contributed by atoms with Gasteiger partial charge in [-0.05, 0) is 92.3 Å². The quantitative estimate of drug-likeness (QED) is 0.237. The van der Waals surface area contributed by atoms with Crippen molar-refractivity contribution in [3.63, 3.8) is 0 Å². The van der Waals surface area contributed by atoms with E-state index in [9.17, 15) is 0 Å². The van der Waals surface area contributed by atoms with E-state index in [4.69, 9.17) is 0 Å². The molecule has 0 unspecified atom stereocenters. The highest BCUT2D eigenvalue weighted by atomic mass is 15.1. The Hall–Kier alpha value is -4.36. The maximum absolute atomic E-state index is 2.44. The molecule has 0 aliphatic heterocycles. The Balaban J connectivity index is 1.43. The van der Waals surface area contributed by atoms with Crippen molar-refractivity contribution in [3.8, 4) is 11.1 Å². The zero-order valence-electron chi connectivity index (χ0n) is 20.6. The third-order valence-corrected chi connectivity index (χ3v) is 7.81. The summed E-state index contributed by atoms with van der Waals surface area (Å²) in [5, 5.41) is 5.25. The molecule has 0 amide bonds. The Morgan fingerprint density at radius 1 is 0.444 bits per heavy atom. The van der Waals surface area contributed by atoms with Gasteiger partial charge in [-0.3, -0.25) is 0 Å². The number of fused-ring (bicyclic) bond motifs is 6. The standard InChI is InChI=1S/C35H27N/c1-35(2)33-22-28(36(26-12-5-3-6-13-26)27-14-7-4-8-15-27)19-20-30(33)32-21-25-18-17-24-11-9-10-16-29(24)31(25)23-34(32)35/h3-23H,1-2H3. The molecule has 0 heterocycles. The summed E-state index contributed by atoms with van der Waals surface area (Å²) in [5.41, 5.74) is 8.90. The summed E-state index contributed by atoms with van der Waals surface area (Å²) in [6.07, 6.45) is 0. The Kier molecular flexibility index (Phi) is 4.56. The fourth-order valence-corrected chi connectivity index (χ4v) is 5.96. The molecule has 1 aliphatic rings. The molecule has 0 saturated heterocycles. The molecule has 0 saturated carbocycles. The van der Waals surface area contributed by atoms with E-state index in [1.807, 2.05) is 0 Å². The average molecular weight is 462 g/mol. The van der Waals surface area contributed by atoms with E-state index in [0.717, 1.165) is 11.4 Å². The Morgan fingerprint density at radius 3 is 1.78 bits per heavy atom. The molecule has 36 heavy (non-hydrogen) atoms. The van der Waals surface area contributed by atoms with Crippen molar-refractivity contribution < 1.29 is 0 Å². The van der Waals surface area contributed by atoms with Crippen molar-refractivity contribution in [3.05, 3.63) is 139 Å². The molecule has 1 aliphatic carbocycles. The number of rotatable bonds is 3. The Labute approximate surface area is 212 Å². The molecule has 0 bridgehead atoms. The van der Waals surface area contributed by atoms with Gasteiger partial charge in [-0.1, -0.05) is 92.7 Å². The van der Waals surface area contributed by atoms with Gasteiger partial charge in [0.2, 0.25) is 0 Å². The van der Waals surface area contributed by atoms with Gasteiger partial charge in [0.1, 0.15) is 0 Å². The summed E-state index contributed by atoms with van der Waals surface area (Å²) in [6.45, 7) is 4.74. The second-order valence-corrected chi connectivity index (χ2v) is 10.3. The van der Waals surface area contributed by atoms with E-state index in [2.05, 4.69) is 146 Å². The van der Waals surface area contributed by atoms with Crippen LogP contribution in [0.1, 0.15) is 25.0 Å². The first-order valence-electron chi connectivity index (χ1n) is 12.6. The van der Waals surface area contributed by atoms with Gasteiger partial charge in [0, 0.05) is 22.5 Å². The van der Waals surface area contributed by atoms with Crippen LogP contribution in [0.15, 0.2) is 127 Å². The third-order valence-electron chi connectivity index (χ3n) is 7.81. The van der Waals surface area contributed by atoms with Gasteiger partial charge in [-0.15, -0.1) is 0 Å². The monoisotopic (exact) mass is 461 g/mol. The summed E-state index contributed by atoms with van der Waals surface area (Å²) >= 11 is 0. The molecule has 0 fully saturated rings. The number of hydrogen-bond donors (Lipinski definition) is 0. The van der Waals surface area contributed by atoms with Crippen LogP contribution >= 0.6 is 0 Å². The van der Waals surface area contributed by atoms with Gasteiger partial charge < -0.3 is 4.90 Å². The number of hydrogen-bond acceptors (Lipinski definition) is 1. The molecule has 0 spiro atoms. The topological polar surface area (TPSA) is 3.24 Å². The van der Waals surface area contributed by atoms with Crippen molar-refractivity contribution in [2.24, 2.45) is 0 Å². The van der Waals surface area contributed by atoms with Crippen molar-refractivity contribution >= 4 is 38.6 Å². The highest BCUT2D eigenvalue weighted by Gasteiger charge is 2.36. The van der Waals surface area contributed by atoms with Crippen LogP contribution in [0.2, 0.25) is 0 Å². The van der Waals surface area contributed by atoms with Crippen LogP contribution < -0.4 is 4.90 Å². The largest absolute Gasteiger partial charge is 0.310 e. The first kappa shape index (κ1) is 21.0. The normalized spacial score (nSPS) is 13.5. The molecule has 0 atom stereocenters. The molecule has 7 rings (SSSR count). The lowest BCUT2D eigenvalue weighted by Gasteiger charge is -2.28. The van der Waals surface area contributed by atoms with E-state index in [1.54, 1.807) is 0 Å². The van der Waals surface area contributed by atoms with Gasteiger partial charge in [0.15, 0.2) is 0 Å². The summed E-state index contributed by atoms with van der Waals surface area (Å²) in [4.78, 5) is 2.35. The minimum atomic E-state index is -0.0924. The van der Waals surface area contributed by atoms with E-state index in [0.29, 0.717) is 0 Å². The lowest BCUT2D eigenvalue weighted by molar-refractivity contribution is 0.661. The first-order chi connectivity index (χ1) is 17.6. The van der Waals surface area contributed by atoms with Gasteiger partial charge in [0.05, 0.1) is 0 Å². The third kappa shape index (κ3) is 3.09. The van der Waals surface area contributed by atoms with Gasteiger partial charge >= 0.3 is 0 Å². The SMILES string of the molecule is CC1(C)c2cc(N(c3ccccc3)c3ccccc3)ccc2-c2cc3ccc4ccccc4c3cc21. The molecule has 0 radical (unpaired) electrons. The minimum absolute atomic E-state index is 0.0924. The fraction of sp³-hybridized carbons (Fsp3) is 0.0857. The van der Waals surface area contributed by atoms with E-state index in [1.165, 1.54) is 49.5 Å². The van der Waals surface area contributed by atoms with Crippen LogP contribution in [0.5, 0.6) is 0 Å². The predicted octanol–water partition coefficient (Wildman–Crippen LogP) is 9.77.